The number of carboxylic acid groups (broad SMARTS) is 1. The molecule has 3 amide bonds. The number of aliphatic hydroxyl groups is 1. The van der Waals surface area contributed by atoms with Gasteiger partial charge in [0.15, 0.2) is 5.96 Å². The lowest BCUT2D eigenvalue weighted by molar-refractivity contribution is -0.143. The van der Waals surface area contributed by atoms with E-state index in [2.05, 4.69) is 30.9 Å². The van der Waals surface area contributed by atoms with Gasteiger partial charge in [-0.3, -0.25) is 19.4 Å². The topological polar surface area (TPSA) is 264 Å². The van der Waals surface area contributed by atoms with Crippen molar-refractivity contribution in [3.8, 4) is 0 Å². The van der Waals surface area contributed by atoms with Crippen molar-refractivity contribution >= 4 is 29.7 Å². The van der Waals surface area contributed by atoms with Gasteiger partial charge in [-0.2, -0.15) is 0 Å². The smallest absolute Gasteiger partial charge is 0.328 e. The molecule has 15 heteroatoms. The van der Waals surface area contributed by atoms with E-state index in [-0.39, 0.29) is 31.3 Å². The molecule has 0 fully saturated rings. The predicted octanol–water partition coefficient (Wildman–Crippen LogP) is -3.09. The number of aliphatic carboxylic acids is 1. The quantitative estimate of drug-likeness (QED) is 0.0613. The van der Waals surface area contributed by atoms with Crippen LogP contribution in [0.1, 0.15) is 38.8 Å². The Morgan fingerprint density at radius 2 is 1.78 bits per heavy atom. The Balaban J connectivity index is 2.99. The van der Waals surface area contributed by atoms with Crippen molar-refractivity contribution in [3.05, 3.63) is 18.2 Å². The highest BCUT2D eigenvalue weighted by Gasteiger charge is 2.32. The van der Waals surface area contributed by atoms with Gasteiger partial charge in [0.2, 0.25) is 17.7 Å². The number of nitrogens with two attached hydrogens (primary N) is 3. The van der Waals surface area contributed by atoms with E-state index in [1.54, 1.807) is 13.8 Å². The monoisotopic (exact) mass is 511 g/mol. The number of guanidine groups is 1. The minimum Gasteiger partial charge on any atom is -0.480 e. The number of hydrogen-bond donors (Lipinski definition) is 9. The fraction of sp³-hybridized carbons (Fsp3) is 0.619. The summed E-state index contributed by atoms with van der Waals surface area (Å²) in [5.74, 6) is -3.97. The molecular weight excluding hydrogens is 474 g/mol. The van der Waals surface area contributed by atoms with Crippen LogP contribution in [0, 0.1) is 5.92 Å². The standard InChI is InChI=1S/C21H37N9O6/c1-3-11(2)16(19(34)29-15(9-31)20(35)36)30-18(33)14(5-4-6-26-21(23)24)28-17(32)13(22)7-12-8-25-10-27-12/h8,10-11,13-16,31H,3-7,9,22H2,1-2H3,(H,25,27)(H,28,32)(H,29,34)(H,30,33)(H,35,36)(H4,23,24,26). The normalized spacial score (nSPS) is 15.0. The van der Waals surface area contributed by atoms with Crippen LogP contribution < -0.4 is 33.2 Å². The molecule has 1 aromatic heterocycles. The summed E-state index contributed by atoms with van der Waals surface area (Å²) < 4.78 is 0. The van der Waals surface area contributed by atoms with Gasteiger partial charge >= 0.3 is 5.97 Å². The lowest BCUT2D eigenvalue weighted by atomic mass is 9.97. The van der Waals surface area contributed by atoms with E-state index < -0.39 is 54.5 Å². The maximum atomic E-state index is 13.2. The Labute approximate surface area is 208 Å². The molecule has 202 valence electrons. The summed E-state index contributed by atoms with van der Waals surface area (Å²) in [5, 5.41) is 25.7. The van der Waals surface area contributed by atoms with Gasteiger partial charge in [-0.1, -0.05) is 20.3 Å². The molecule has 0 saturated carbocycles. The van der Waals surface area contributed by atoms with E-state index in [0.29, 0.717) is 18.5 Å². The number of nitrogens with one attached hydrogen (secondary N) is 4. The second-order valence-electron chi connectivity index (χ2n) is 8.35. The van der Waals surface area contributed by atoms with Crippen LogP contribution in [0.3, 0.4) is 0 Å². The molecule has 36 heavy (non-hydrogen) atoms. The largest absolute Gasteiger partial charge is 0.480 e. The molecule has 0 radical (unpaired) electrons. The van der Waals surface area contributed by atoms with Crippen LogP contribution in [0.2, 0.25) is 0 Å². The molecule has 1 heterocycles. The predicted molar refractivity (Wildman–Crippen MR) is 130 cm³/mol. The molecule has 5 atom stereocenters. The molecule has 15 nitrogen and oxygen atoms in total. The number of aromatic amines is 1. The fourth-order valence-electron chi connectivity index (χ4n) is 3.18. The van der Waals surface area contributed by atoms with E-state index in [1.807, 2.05) is 0 Å². The van der Waals surface area contributed by atoms with Crippen molar-refractivity contribution in [2.45, 2.75) is 63.7 Å². The number of aromatic nitrogens is 2. The van der Waals surface area contributed by atoms with Gasteiger partial charge in [0.1, 0.15) is 18.1 Å². The second kappa shape index (κ2) is 15.3. The zero-order valence-corrected chi connectivity index (χ0v) is 20.4. The van der Waals surface area contributed by atoms with E-state index >= 15 is 0 Å². The molecule has 0 aromatic carbocycles. The van der Waals surface area contributed by atoms with Crippen LogP contribution in [-0.4, -0.2) is 87.2 Å². The summed E-state index contributed by atoms with van der Waals surface area (Å²) in [6.07, 6.45) is 4.08. The third kappa shape index (κ3) is 10.3. The Kier molecular flexibility index (Phi) is 12.9. The van der Waals surface area contributed by atoms with Crippen molar-refractivity contribution < 1.29 is 29.4 Å². The van der Waals surface area contributed by atoms with E-state index in [1.165, 1.54) is 12.5 Å². The summed E-state index contributed by atoms with van der Waals surface area (Å²) in [6, 6.07) is -4.71. The number of H-pyrrole nitrogens is 1. The maximum Gasteiger partial charge on any atom is 0.328 e. The van der Waals surface area contributed by atoms with Gasteiger partial charge in [0.05, 0.1) is 19.0 Å². The summed E-state index contributed by atoms with van der Waals surface area (Å²) in [6.45, 7) is 2.88. The summed E-state index contributed by atoms with van der Waals surface area (Å²) in [4.78, 5) is 60.4. The molecule has 12 N–H and O–H groups in total. The van der Waals surface area contributed by atoms with Crippen molar-refractivity contribution in [2.75, 3.05) is 13.2 Å². The fourth-order valence-corrected chi connectivity index (χ4v) is 3.18. The minimum atomic E-state index is -1.53. The Morgan fingerprint density at radius 1 is 1.11 bits per heavy atom. The number of amides is 3. The van der Waals surface area contributed by atoms with Crippen LogP contribution in [0.15, 0.2) is 17.5 Å². The molecule has 1 aromatic rings. The number of aliphatic imine (C=N–C) groups is 1. The zero-order valence-electron chi connectivity index (χ0n) is 20.4. The van der Waals surface area contributed by atoms with Gasteiger partial charge in [0, 0.05) is 24.9 Å². The van der Waals surface area contributed by atoms with Crippen molar-refractivity contribution in [3.63, 3.8) is 0 Å². The van der Waals surface area contributed by atoms with Gasteiger partial charge in [-0.15, -0.1) is 0 Å². The SMILES string of the molecule is CCC(C)C(NC(=O)C(CCCN=C(N)N)NC(=O)C(N)Cc1cnc[nH]1)C(=O)NC(CO)C(=O)O. The van der Waals surface area contributed by atoms with Gasteiger partial charge < -0.3 is 48.3 Å². The van der Waals surface area contributed by atoms with Gasteiger partial charge in [0.25, 0.3) is 0 Å². The number of carboxylic acids is 1. The van der Waals surface area contributed by atoms with Crippen molar-refractivity contribution in [1.82, 2.24) is 25.9 Å². The first-order valence-electron chi connectivity index (χ1n) is 11.5. The lowest BCUT2D eigenvalue weighted by Crippen LogP contribution is -2.59. The third-order valence-electron chi connectivity index (χ3n) is 5.50. The molecular formula is C21H37N9O6. The molecule has 0 bridgehead atoms. The number of carbonyl (C=O) groups excluding carboxylic acids is 3. The molecule has 0 aliphatic carbocycles. The first kappa shape index (κ1) is 30.3. The first-order chi connectivity index (χ1) is 17.0. The van der Waals surface area contributed by atoms with Crippen molar-refractivity contribution in [1.29, 1.82) is 0 Å². The van der Waals surface area contributed by atoms with Crippen LogP contribution >= 0.6 is 0 Å². The molecule has 0 aliphatic heterocycles. The summed E-state index contributed by atoms with van der Waals surface area (Å²) in [7, 11) is 0. The average Bonchev–Trinajstić information content (AvgIpc) is 3.34. The van der Waals surface area contributed by atoms with Crippen LogP contribution in [0.5, 0.6) is 0 Å². The molecule has 5 unspecified atom stereocenters. The minimum absolute atomic E-state index is 0.119. The Hall–Kier alpha value is -3.72. The highest BCUT2D eigenvalue weighted by molar-refractivity contribution is 5.94. The Morgan fingerprint density at radius 3 is 2.31 bits per heavy atom. The molecule has 1 rings (SSSR count). The van der Waals surface area contributed by atoms with E-state index in [9.17, 15) is 24.3 Å². The second-order valence-corrected chi connectivity index (χ2v) is 8.35. The molecule has 0 saturated heterocycles. The van der Waals surface area contributed by atoms with Gasteiger partial charge in [-0.25, -0.2) is 9.78 Å². The number of hydrogen-bond acceptors (Lipinski definition) is 8. The Bertz CT molecular complexity index is 888. The number of carbonyl (C=O) groups is 4. The van der Waals surface area contributed by atoms with E-state index in [0.717, 1.165) is 0 Å². The lowest BCUT2D eigenvalue weighted by Gasteiger charge is -2.28. The maximum absolute atomic E-state index is 13.2. The highest BCUT2D eigenvalue weighted by Crippen LogP contribution is 2.10. The third-order valence-corrected chi connectivity index (χ3v) is 5.50. The highest BCUT2D eigenvalue weighted by atomic mass is 16.4. The first-order valence-corrected chi connectivity index (χ1v) is 11.5. The van der Waals surface area contributed by atoms with Crippen LogP contribution in [0.4, 0.5) is 0 Å². The van der Waals surface area contributed by atoms with Crippen LogP contribution in [0.25, 0.3) is 0 Å². The summed E-state index contributed by atoms with van der Waals surface area (Å²) in [5.41, 5.74) is 17.3. The van der Waals surface area contributed by atoms with E-state index in [4.69, 9.17) is 22.3 Å². The zero-order chi connectivity index (χ0) is 27.3. The number of imidazole rings is 1. The van der Waals surface area contributed by atoms with Crippen molar-refractivity contribution in [2.24, 2.45) is 28.1 Å². The van der Waals surface area contributed by atoms with Gasteiger partial charge in [-0.05, 0) is 18.8 Å². The number of aliphatic hydroxyl groups excluding tert-OH is 1. The molecule has 0 spiro atoms. The van der Waals surface area contributed by atoms with Crippen LogP contribution in [-0.2, 0) is 25.6 Å². The number of nitrogens with zero attached hydrogens (tertiary/aromatic N) is 2. The molecule has 0 aliphatic rings. The number of rotatable bonds is 16. The summed E-state index contributed by atoms with van der Waals surface area (Å²) >= 11 is 0. The average molecular weight is 512 g/mol.